The average Bonchev–Trinajstić information content (AvgIpc) is 2.31. The van der Waals surface area contributed by atoms with Crippen molar-refractivity contribution in [3.05, 3.63) is 15.1 Å². The Morgan fingerprint density at radius 1 is 1.12 bits per heavy atom. The number of hydrogen-bond acceptors (Lipinski definition) is 4. The molecular weight excluding hydrogens is 313 g/mol. The predicted octanol–water partition coefficient (Wildman–Crippen LogP) is 2.23. The van der Waals surface area contributed by atoms with Gasteiger partial charge in [-0.25, -0.2) is 0 Å². The maximum absolute atomic E-state index is 11.4. The first-order chi connectivity index (χ1) is 7.99. The topological polar surface area (TPSA) is 70.8 Å². The summed E-state index contributed by atoms with van der Waals surface area (Å²) >= 11 is 9.27. The fourth-order valence-electron chi connectivity index (χ4n) is 1.42. The highest BCUT2D eigenvalue weighted by atomic mass is 79.9. The first-order valence-corrected chi connectivity index (χ1v) is 5.63. The normalized spacial score (nSPS) is 9.94. The predicted molar refractivity (Wildman–Crippen MR) is 67.3 cm³/mol. The third kappa shape index (κ3) is 2.28. The molecule has 1 aromatic carbocycles. The molecule has 94 valence electrons. The number of hydrogen-bond donors (Lipinski definition) is 1. The second-order valence-electron chi connectivity index (χ2n) is 2.97. The molecule has 0 aliphatic heterocycles. The van der Waals surface area contributed by atoms with E-state index < -0.39 is 5.91 Å². The molecule has 0 aromatic heterocycles. The lowest BCUT2D eigenvalue weighted by atomic mass is 10.1. The maximum Gasteiger partial charge on any atom is 0.256 e. The summed E-state index contributed by atoms with van der Waals surface area (Å²) in [5.74, 6) is -0.129. The Labute approximate surface area is 112 Å². The smallest absolute Gasteiger partial charge is 0.256 e. The molecule has 2 N–H and O–H groups in total. The van der Waals surface area contributed by atoms with Crippen molar-refractivity contribution in [2.75, 3.05) is 21.3 Å². The number of amides is 1. The molecule has 0 fully saturated rings. The van der Waals surface area contributed by atoms with Crippen molar-refractivity contribution in [3.8, 4) is 17.2 Å². The average molecular weight is 325 g/mol. The van der Waals surface area contributed by atoms with Crippen molar-refractivity contribution >= 4 is 33.4 Å². The molecule has 0 aliphatic carbocycles. The highest BCUT2D eigenvalue weighted by Gasteiger charge is 2.27. The lowest BCUT2D eigenvalue weighted by Crippen LogP contribution is -2.15. The van der Waals surface area contributed by atoms with Crippen LogP contribution in [0, 0.1) is 0 Å². The van der Waals surface area contributed by atoms with Gasteiger partial charge in [0.2, 0.25) is 0 Å². The van der Waals surface area contributed by atoms with Crippen molar-refractivity contribution < 1.29 is 19.0 Å². The van der Waals surface area contributed by atoms with Crippen LogP contribution in [0.5, 0.6) is 17.2 Å². The van der Waals surface area contributed by atoms with E-state index in [-0.39, 0.29) is 27.8 Å². The van der Waals surface area contributed by atoms with Gasteiger partial charge < -0.3 is 19.9 Å². The van der Waals surface area contributed by atoms with Gasteiger partial charge in [0.15, 0.2) is 17.2 Å². The number of ether oxygens (including phenoxy) is 3. The summed E-state index contributed by atoms with van der Waals surface area (Å²) in [5.41, 5.74) is 5.36. The second kappa shape index (κ2) is 5.46. The summed E-state index contributed by atoms with van der Waals surface area (Å²) in [7, 11) is 4.19. The van der Waals surface area contributed by atoms with E-state index in [0.717, 1.165) is 0 Å². The molecule has 0 saturated heterocycles. The fourth-order valence-corrected chi connectivity index (χ4v) is 2.21. The van der Waals surface area contributed by atoms with E-state index in [9.17, 15) is 4.79 Å². The van der Waals surface area contributed by atoms with E-state index in [1.807, 2.05) is 0 Å². The monoisotopic (exact) mass is 323 g/mol. The Morgan fingerprint density at radius 3 is 1.94 bits per heavy atom. The summed E-state index contributed by atoms with van der Waals surface area (Å²) in [6.07, 6.45) is 0. The molecular formula is C10H11BrClNO4. The van der Waals surface area contributed by atoms with Gasteiger partial charge in [-0.05, 0) is 15.9 Å². The minimum atomic E-state index is -0.700. The third-order valence-corrected chi connectivity index (χ3v) is 3.46. The molecule has 0 heterocycles. The first-order valence-electron chi connectivity index (χ1n) is 4.46. The Hall–Kier alpha value is -1.14. The van der Waals surface area contributed by atoms with Gasteiger partial charge in [-0.2, -0.15) is 0 Å². The molecule has 0 saturated carbocycles. The van der Waals surface area contributed by atoms with Crippen LogP contribution in [-0.2, 0) is 0 Å². The second-order valence-corrected chi connectivity index (χ2v) is 4.14. The van der Waals surface area contributed by atoms with Gasteiger partial charge in [0.1, 0.15) is 10.6 Å². The van der Waals surface area contributed by atoms with Gasteiger partial charge in [-0.1, -0.05) is 11.6 Å². The van der Waals surface area contributed by atoms with E-state index in [1.54, 1.807) is 0 Å². The van der Waals surface area contributed by atoms with Crippen LogP contribution in [-0.4, -0.2) is 27.2 Å². The van der Waals surface area contributed by atoms with Crippen molar-refractivity contribution in [1.29, 1.82) is 0 Å². The number of rotatable bonds is 4. The van der Waals surface area contributed by atoms with E-state index in [0.29, 0.717) is 4.47 Å². The van der Waals surface area contributed by atoms with E-state index in [1.165, 1.54) is 21.3 Å². The summed E-state index contributed by atoms with van der Waals surface area (Å²) in [5, 5.41) is 0.242. The lowest BCUT2D eigenvalue weighted by Gasteiger charge is -2.17. The van der Waals surface area contributed by atoms with Gasteiger partial charge in [0.05, 0.1) is 25.8 Å². The van der Waals surface area contributed by atoms with Crippen LogP contribution in [0.3, 0.4) is 0 Å². The number of methoxy groups -OCH3 is 3. The van der Waals surface area contributed by atoms with Crippen molar-refractivity contribution in [3.63, 3.8) is 0 Å². The lowest BCUT2D eigenvalue weighted by molar-refractivity contribution is 0.0993. The van der Waals surface area contributed by atoms with Crippen LogP contribution >= 0.6 is 27.5 Å². The van der Waals surface area contributed by atoms with Crippen LogP contribution in [0.25, 0.3) is 0 Å². The SMILES string of the molecule is COc1c(Cl)c(Br)c(OC)c(C(N)=O)c1OC. The quantitative estimate of drug-likeness (QED) is 0.922. The highest BCUT2D eigenvalue weighted by molar-refractivity contribution is 9.10. The Morgan fingerprint density at radius 2 is 1.59 bits per heavy atom. The minimum Gasteiger partial charge on any atom is -0.495 e. The van der Waals surface area contributed by atoms with E-state index in [4.69, 9.17) is 31.5 Å². The maximum atomic E-state index is 11.4. The molecule has 1 amide bonds. The molecule has 0 aliphatic rings. The van der Waals surface area contributed by atoms with Gasteiger partial charge in [0, 0.05) is 0 Å². The molecule has 0 bridgehead atoms. The van der Waals surface area contributed by atoms with Crippen LogP contribution in [0.2, 0.25) is 5.02 Å². The molecule has 0 unspecified atom stereocenters. The Balaban J connectivity index is 3.76. The summed E-state index contributed by atoms with van der Waals surface area (Å²) in [6, 6.07) is 0. The molecule has 7 heteroatoms. The third-order valence-electron chi connectivity index (χ3n) is 2.11. The molecule has 0 spiro atoms. The fraction of sp³-hybridized carbons (Fsp3) is 0.300. The van der Waals surface area contributed by atoms with E-state index >= 15 is 0 Å². The van der Waals surface area contributed by atoms with Crippen molar-refractivity contribution in [2.24, 2.45) is 5.73 Å². The molecule has 1 rings (SSSR count). The number of primary amides is 1. The van der Waals surface area contributed by atoms with Gasteiger partial charge in [-0.15, -0.1) is 0 Å². The van der Waals surface area contributed by atoms with Crippen LogP contribution in [0.15, 0.2) is 4.47 Å². The zero-order valence-electron chi connectivity index (χ0n) is 9.47. The molecule has 17 heavy (non-hydrogen) atoms. The summed E-state index contributed by atoms with van der Waals surface area (Å²) < 4.78 is 15.7. The van der Waals surface area contributed by atoms with Gasteiger partial charge in [0.25, 0.3) is 5.91 Å². The Kier molecular flexibility index (Phi) is 4.47. The number of halogens is 2. The van der Waals surface area contributed by atoms with Crippen molar-refractivity contribution in [2.45, 2.75) is 0 Å². The largest absolute Gasteiger partial charge is 0.495 e. The zero-order chi connectivity index (χ0) is 13.2. The summed E-state index contributed by atoms with van der Waals surface area (Å²) in [4.78, 5) is 11.4. The molecule has 1 aromatic rings. The number of benzene rings is 1. The summed E-state index contributed by atoms with van der Waals surface area (Å²) in [6.45, 7) is 0. The Bertz CT molecular complexity index is 464. The number of carbonyl (C=O) groups is 1. The zero-order valence-corrected chi connectivity index (χ0v) is 11.8. The van der Waals surface area contributed by atoms with Crippen LogP contribution < -0.4 is 19.9 Å². The molecule has 5 nitrogen and oxygen atoms in total. The van der Waals surface area contributed by atoms with Crippen LogP contribution in [0.1, 0.15) is 10.4 Å². The minimum absolute atomic E-state index is 0.0723. The van der Waals surface area contributed by atoms with E-state index in [2.05, 4.69) is 15.9 Å². The highest BCUT2D eigenvalue weighted by Crippen LogP contribution is 2.49. The molecule has 0 radical (unpaired) electrons. The first kappa shape index (κ1) is 13.9. The standard InChI is InChI=1S/C10H11BrClNO4/c1-15-7-4(10(13)14)8(16-2)9(17-3)6(12)5(7)11/h1-3H3,(H2,13,14). The van der Waals surface area contributed by atoms with Gasteiger partial charge in [-0.3, -0.25) is 4.79 Å². The molecule has 0 atom stereocenters. The van der Waals surface area contributed by atoms with Gasteiger partial charge >= 0.3 is 0 Å². The number of nitrogens with two attached hydrogens (primary N) is 1. The van der Waals surface area contributed by atoms with Crippen molar-refractivity contribution in [1.82, 2.24) is 0 Å². The number of carbonyl (C=O) groups excluding carboxylic acids is 1. The van der Waals surface area contributed by atoms with Crippen LogP contribution in [0.4, 0.5) is 0 Å².